The van der Waals surface area contributed by atoms with Gasteiger partial charge in [0.25, 0.3) is 0 Å². The number of amides is 1. The molecule has 0 radical (unpaired) electrons. The van der Waals surface area contributed by atoms with E-state index in [4.69, 9.17) is 23.7 Å². The van der Waals surface area contributed by atoms with Crippen molar-refractivity contribution in [2.24, 2.45) is 23.7 Å². The van der Waals surface area contributed by atoms with Gasteiger partial charge in [-0.2, -0.15) is 0 Å². The van der Waals surface area contributed by atoms with Crippen LogP contribution in [0.4, 0.5) is 4.79 Å². The summed E-state index contributed by atoms with van der Waals surface area (Å²) in [4.78, 5) is 69.1. The fourth-order valence-corrected chi connectivity index (χ4v) is 9.65. The van der Waals surface area contributed by atoms with Gasteiger partial charge in [-0.1, -0.05) is 52.8 Å². The van der Waals surface area contributed by atoms with Gasteiger partial charge < -0.3 is 38.6 Å². The van der Waals surface area contributed by atoms with E-state index >= 15 is 0 Å². The van der Waals surface area contributed by atoms with Gasteiger partial charge in [0.05, 0.1) is 23.9 Å². The number of fused-ring (bicyclic) bond motifs is 1. The van der Waals surface area contributed by atoms with Crippen molar-refractivity contribution in [3.05, 3.63) is 18.0 Å². The van der Waals surface area contributed by atoms with Crippen LogP contribution in [0, 0.1) is 23.7 Å². The molecule has 1 aromatic rings. The minimum Gasteiger partial charge on any atom is -0.458 e. The maximum atomic E-state index is 14.7. The van der Waals surface area contributed by atoms with Gasteiger partial charge >= 0.3 is 12.1 Å². The van der Waals surface area contributed by atoms with E-state index < -0.39 is 83.4 Å². The third-order valence-electron chi connectivity index (χ3n) is 12.2. The molecule has 0 aromatic carbocycles. The Hall–Kier alpha value is -2.69. The van der Waals surface area contributed by atoms with Crippen LogP contribution in [0.25, 0.3) is 0 Å². The molecule has 0 aliphatic carbocycles. The van der Waals surface area contributed by atoms with Crippen LogP contribution in [0.1, 0.15) is 100.0 Å². The first-order chi connectivity index (χ1) is 26.3. The van der Waals surface area contributed by atoms with E-state index in [2.05, 4.69) is 16.9 Å². The van der Waals surface area contributed by atoms with E-state index in [0.717, 1.165) is 18.4 Å². The number of carbonyl (C=O) groups excluding carboxylic acids is 4. The average Bonchev–Trinajstić information content (AvgIpc) is 3.42. The summed E-state index contributed by atoms with van der Waals surface area (Å²) in [6.07, 6.45) is 2.11. The van der Waals surface area contributed by atoms with Crippen molar-refractivity contribution in [2.45, 2.75) is 160 Å². The van der Waals surface area contributed by atoms with E-state index in [9.17, 15) is 24.3 Å². The van der Waals surface area contributed by atoms with Gasteiger partial charge in [-0.25, -0.2) is 14.8 Å². The number of aliphatic hydroxyl groups excluding tert-OH is 1. The number of ketones is 2. The lowest BCUT2D eigenvalue weighted by molar-refractivity contribution is -0.295. The summed E-state index contributed by atoms with van der Waals surface area (Å²) in [5.74, 6) is -4.32. The van der Waals surface area contributed by atoms with Crippen LogP contribution >= 0.6 is 11.8 Å². The van der Waals surface area contributed by atoms with Crippen molar-refractivity contribution >= 4 is 35.4 Å². The zero-order valence-electron chi connectivity index (χ0n) is 35.5. The third kappa shape index (κ3) is 9.94. The molecule has 15 heteroatoms. The minimum atomic E-state index is -1.40. The molecule has 4 rings (SSSR count). The molecule has 1 N–H and O–H groups in total. The maximum absolute atomic E-state index is 14.7. The Morgan fingerprint density at radius 3 is 2.27 bits per heavy atom. The summed E-state index contributed by atoms with van der Waals surface area (Å²) in [5.41, 5.74) is -1.58. The molecule has 0 bridgehead atoms. The lowest BCUT2D eigenvalue weighted by Crippen LogP contribution is -2.60. The lowest BCUT2D eigenvalue weighted by atomic mass is 9.73. The Labute approximate surface area is 337 Å². The van der Waals surface area contributed by atoms with Crippen LogP contribution in [0.15, 0.2) is 17.6 Å². The normalized spacial score (nSPS) is 37.6. The SMILES string of the molecule is CCCc1cnc(SCCCN2C(=O)O[C@]3(C)[C@@H](CC)OC(=O)[C@H](C)C(=O)[C@H](C)[C@@H](O[C@@H]4O[C@H](C)C[C@H](N(C)C)[C@H]4O)[C@](C)(OC)C[C@@H](C)C(=O)[C@H](C)[C@@H]23)nc1. The molecule has 3 aliphatic rings. The average molecular weight is 807 g/mol. The molecule has 14 nitrogen and oxygen atoms in total. The van der Waals surface area contributed by atoms with Crippen molar-refractivity contribution in [1.29, 1.82) is 0 Å². The van der Waals surface area contributed by atoms with Crippen molar-refractivity contribution in [1.82, 2.24) is 19.8 Å². The van der Waals surface area contributed by atoms with Crippen LogP contribution in [-0.4, -0.2) is 136 Å². The summed E-state index contributed by atoms with van der Waals surface area (Å²) < 4.78 is 31.1. The van der Waals surface area contributed by atoms with Gasteiger partial charge in [0.1, 0.15) is 23.9 Å². The number of thioether (sulfide) groups is 1. The lowest BCUT2D eigenvalue weighted by Gasteiger charge is -2.47. The Kier molecular flexibility index (Phi) is 15.9. The van der Waals surface area contributed by atoms with E-state index in [1.54, 1.807) is 32.6 Å². The van der Waals surface area contributed by atoms with Crippen LogP contribution in [0.5, 0.6) is 0 Å². The first-order valence-corrected chi connectivity index (χ1v) is 21.2. The molecule has 1 amide bonds. The Morgan fingerprint density at radius 2 is 1.68 bits per heavy atom. The number of aryl methyl sites for hydroxylation is 1. The monoisotopic (exact) mass is 806 g/mol. The summed E-state index contributed by atoms with van der Waals surface area (Å²) in [5, 5.41) is 12.1. The molecule has 0 saturated carbocycles. The number of hydrogen-bond acceptors (Lipinski definition) is 14. The minimum absolute atomic E-state index is 0.131. The van der Waals surface area contributed by atoms with Crippen molar-refractivity contribution in [3.63, 3.8) is 0 Å². The van der Waals surface area contributed by atoms with Crippen LogP contribution in [0.3, 0.4) is 0 Å². The second-order valence-electron chi connectivity index (χ2n) is 16.7. The highest BCUT2D eigenvalue weighted by molar-refractivity contribution is 7.99. The zero-order valence-corrected chi connectivity index (χ0v) is 36.3. The molecule has 1 aromatic heterocycles. The van der Waals surface area contributed by atoms with Gasteiger partial charge in [-0.3, -0.25) is 14.4 Å². The number of cyclic esters (lactones) is 1. The second kappa shape index (κ2) is 19.4. The van der Waals surface area contributed by atoms with E-state index in [1.165, 1.54) is 25.8 Å². The predicted molar refractivity (Wildman–Crippen MR) is 211 cm³/mol. The Bertz CT molecular complexity index is 1520. The zero-order chi connectivity index (χ0) is 41.7. The maximum Gasteiger partial charge on any atom is 0.410 e. The summed E-state index contributed by atoms with van der Waals surface area (Å²) in [7, 11) is 5.24. The number of likely N-dealkylation sites (N-methyl/N-ethyl adjacent to an activating group) is 1. The first kappa shape index (κ1) is 46.0. The molecule has 56 heavy (non-hydrogen) atoms. The largest absolute Gasteiger partial charge is 0.458 e. The van der Waals surface area contributed by atoms with Crippen molar-refractivity contribution in [3.8, 4) is 0 Å². The third-order valence-corrected chi connectivity index (χ3v) is 13.1. The van der Waals surface area contributed by atoms with E-state index in [0.29, 0.717) is 23.8 Å². The fourth-order valence-electron chi connectivity index (χ4n) is 8.94. The highest BCUT2D eigenvalue weighted by Crippen LogP contribution is 2.43. The predicted octanol–water partition coefficient (Wildman–Crippen LogP) is 5.12. The Balaban J connectivity index is 1.68. The van der Waals surface area contributed by atoms with Gasteiger partial charge in [0.2, 0.25) is 0 Å². The molecule has 3 fully saturated rings. The number of hydrogen-bond donors (Lipinski definition) is 1. The van der Waals surface area contributed by atoms with E-state index in [-0.39, 0.29) is 37.3 Å². The number of Topliss-reactive ketones (excluding diaryl/α,β-unsaturated/α-hetero) is 2. The van der Waals surface area contributed by atoms with Crippen LogP contribution in [0.2, 0.25) is 0 Å². The molecule has 3 saturated heterocycles. The number of carbonyl (C=O) groups is 4. The van der Waals surface area contributed by atoms with E-state index in [1.807, 2.05) is 52.2 Å². The summed E-state index contributed by atoms with van der Waals surface area (Å²) >= 11 is 1.49. The Morgan fingerprint density at radius 1 is 1.02 bits per heavy atom. The number of ether oxygens (including phenoxy) is 5. The van der Waals surface area contributed by atoms with Crippen LogP contribution in [-0.2, 0) is 44.5 Å². The molecule has 13 atom stereocenters. The molecule has 3 aliphatic heterocycles. The standard InChI is InChI=1S/C41H66N4O10S/c1-13-16-28-21-42-38(43-22-28)56-18-15-17-45-34-25(5)31(46)23(3)20-40(8,51-12)35(54-37-33(48)29(44(10)11)19-24(4)52-37)26(6)32(47)27(7)36(49)53-30(14-2)41(34,9)55-39(45)50/h21-27,29-30,33-35,37,48H,13-20H2,1-12H3/t23-,24-,25+,26+,27-,29+,30-,33-,34-,35-,37+,40-,41-/m1/s1. The van der Waals surface area contributed by atoms with Crippen LogP contribution < -0.4 is 0 Å². The summed E-state index contributed by atoms with van der Waals surface area (Å²) in [6.45, 7) is 16.4. The number of aliphatic hydroxyl groups is 1. The summed E-state index contributed by atoms with van der Waals surface area (Å²) in [6, 6.07) is -1.07. The second-order valence-corrected chi connectivity index (χ2v) is 17.8. The van der Waals surface area contributed by atoms with Gasteiger partial charge in [0.15, 0.2) is 22.8 Å². The highest BCUT2D eigenvalue weighted by Gasteiger charge is 2.60. The smallest absolute Gasteiger partial charge is 0.410 e. The topological polar surface area (TPSA) is 167 Å². The van der Waals surface area contributed by atoms with Gasteiger partial charge in [-0.15, -0.1) is 0 Å². The van der Waals surface area contributed by atoms with Crippen molar-refractivity contribution in [2.75, 3.05) is 33.5 Å². The van der Waals surface area contributed by atoms with Gasteiger partial charge in [0, 0.05) is 55.6 Å². The van der Waals surface area contributed by atoms with Crippen molar-refractivity contribution < 1.29 is 48.0 Å². The number of methoxy groups -OCH3 is 1. The molecule has 0 unspecified atom stereocenters. The molecule has 4 heterocycles. The number of esters is 1. The molecular weight excluding hydrogens is 741 g/mol. The number of nitrogens with zero attached hydrogens (tertiary/aromatic N) is 4. The number of aromatic nitrogens is 2. The fraction of sp³-hybridized carbons (Fsp3) is 0.805. The quantitative estimate of drug-likeness (QED) is 0.0973. The molecular formula is C41H66N4O10S. The van der Waals surface area contributed by atoms with Gasteiger partial charge in [-0.05, 0) is 79.5 Å². The number of rotatable bonds is 12. The molecule has 316 valence electrons. The first-order valence-electron chi connectivity index (χ1n) is 20.2. The highest BCUT2D eigenvalue weighted by atomic mass is 32.2. The molecule has 0 spiro atoms.